The van der Waals surface area contributed by atoms with Crippen molar-refractivity contribution in [2.45, 2.75) is 45.3 Å². The number of hydrogen-bond acceptors (Lipinski definition) is 4. The van der Waals surface area contributed by atoms with Crippen LogP contribution in [0.15, 0.2) is 30.3 Å². The smallest absolute Gasteiger partial charge is 0.410 e. The van der Waals surface area contributed by atoms with Crippen molar-refractivity contribution in [2.24, 2.45) is 0 Å². The molecule has 1 aromatic carbocycles. The van der Waals surface area contributed by atoms with Crippen molar-refractivity contribution in [3.63, 3.8) is 0 Å². The van der Waals surface area contributed by atoms with E-state index in [1.165, 1.54) is 0 Å². The molecule has 144 valence electrons. The zero-order valence-corrected chi connectivity index (χ0v) is 15.8. The molecule has 0 saturated carbocycles. The molecular formula is C19H29N3O4. The van der Waals surface area contributed by atoms with Gasteiger partial charge in [-0.1, -0.05) is 18.2 Å². The number of urea groups is 1. The van der Waals surface area contributed by atoms with Gasteiger partial charge in [-0.15, -0.1) is 0 Å². The first-order valence-corrected chi connectivity index (χ1v) is 9.03. The second-order valence-corrected chi connectivity index (χ2v) is 7.30. The lowest BCUT2D eigenvalue weighted by Gasteiger charge is -2.33. The second-order valence-electron chi connectivity index (χ2n) is 7.30. The van der Waals surface area contributed by atoms with Gasteiger partial charge in [-0.2, -0.15) is 0 Å². The van der Waals surface area contributed by atoms with Crippen LogP contribution in [0, 0.1) is 0 Å². The Kier molecular flexibility index (Phi) is 7.12. The Labute approximate surface area is 155 Å². The molecule has 26 heavy (non-hydrogen) atoms. The standard InChI is InChI=1S/C19H29N3O4/c1-19(2,3)26-18(24)22-12-9-15(10-13-22)21-17(23)20-11-14-25-16-7-5-4-6-8-16/h4-8,15H,9-14H2,1-3H3,(H2,20,21,23). The van der Waals surface area contributed by atoms with E-state index in [1.54, 1.807) is 4.90 Å². The van der Waals surface area contributed by atoms with Gasteiger partial charge in [0.1, 0.15) is 18.0 Å². The molecule has 0 aromatic heterocycles. The van der Waals surface area contributed by atoms with Gasteiger partial charge in [0.25, 0.3) is 0 Å². The molecule has 3 amide bonds. The number of amides is 3. The van der Waals surface area contributed by atoms with E-state index in [-0.39, 0.29) is 18.2 Å². The van der Waals surface area contributed by atoms with E-state index in [0.717, 1.165) is 5.75 Å². The maximum absolute atomic E-state index is 12.0. The van der Waals surface area contributed by atoms with E-state index in [1.807, 2.05) is 51.1 Å². The summed E-state index contributed by atoms with van der Waals surface area (Å²) >= 11 is 0. The van der Waals surface area contributed by atoms with Crippen LogP contribution in [-0.2, 0) is 4.74 Å². The molecule has 1 heterocycles. The van der Waals surface area contributed by atoms with Crippen molar-refractivity contribution in [3.8, 4) is 5.75 Å². The highest BCUT2D eigenvalue weighted by Crippen LogP contribution is 2.15. The fraction of sp³-hybridized carbons (Fsp3) is 0.579. The second kappa shape index (κ2) is 9.31. The lowest BCUT2D eigenvalue weighted by molar-refractivity contribution is 0.0201. The fourth-order valence-electron chi connectivity index (χ4n) is 2.62. The minimum atomic E-state index is -0.492. The van der Waals surface area contributed by atoms with Gasteiger partial charge in [-0.25, -0.2) is 9.59 Å². The number of rotatable bonds is 5. The van der Waals surface area contributed by atoms with Crippen molar-refractivity contribution in [1.29, 1.82) is 0 Å². The molecule has 1 fully saturated rings. The third kappa shape index (κ3) is 7.21. The predicted octanol–water partition coefficient (Wildman–Crippen LogP) is 2.76. The first-order chi connectivity index (χ1) is 12.3. The van der Waals surface area contributed by atoms with E-state index in [9.17, 15) is 9.59 Å². The Morgan fingerprint density at radius 1 is 1.15 bits per heavy atom. The van der Waals surface area contributed by atoms with Crippen LogP contribution in [0.1, 0.15) is 33.6 Å². The summed E-state index contributed by atoms with van der Waals surface area (Å²) in [6.45, 7) is 7.56. The fourth-order valence-corrected chi connectivity index (χ4v) is 2.62. The average molecular weight is 363 g/mol. The van der Waals surface area contributed by atoms with Gasteiger partial charge in [-0.05, 0) is 45.7 Å². The van der Waals surface area contributed by atoms with Gasteiger partial charge in [0.05, 0.1) is 6.54 Å². The molecule has 0 bridgehead atoms. The number of para-hydroxylation sites is 1. The first-order valence-electron chi connectivity index (χ1n) is 9.03. The Hall–Kier alpha value is -2.44. The molecule has 2 N–H and O–H groups in total. The van der Waals surface area contributed by atoms with Crippen molar-refractivity contribution >= 4 is 12.1 Å². The Balaban J connectivity index is 1.60. The van der Waals surface area contributed by atoms with Crippen molar-refractivity contribution in [3.05, 3.63) is 30.3 Å². The Morgan fingerprint density at radius 2 is 1.81 bits per heavy atom. The van der Waals surface area contributed by atoms with Crippen LogP contribution >= 0.6 is 0 Å². The Morgan fingerprint density at radius 3 is 2.42 bits per heavy atom. The number of carbonyl (C=O) groups is 2. The summed E-state index contributed by atoms with van der Waals surface area (Å²) in [4.78, 5) is 25.7. The summed E-state index contributed by atoms with van der Waals surface area (Å²) in [5, 5.41) is 5.73. The number of hydrogen-bond donors (Lipinski definition) is 2. The van der Waals surface area contributed by atoms with Gasteiger partial charge < -0.3 is 25.0 Å². The monoisotopic (exact) mass is 363 g/mol. The predicted molar refractivity (Wildman–Crippen MR) is 99.3 cm³/mol. The van der Waals surface area contributed by atoms with E-state index in [4.69, 9.17) is 9.47 Å². The van der Waals surface area contributed by atoms with Crippen LogP contribution in [0.5, 0.6) is 5.75 Å². The lowest BCUT2D eigenvalue weighted by Crippen LogP contribution is -2.50. The SMILES string of the molecule is CC(C)(C)OC(=O)N1CCC(NC(=O)NCCOc2ccccc2)CC1. The maximum Gasteiger partial charge on any atom is 0.410 e. The normalized spacial score (nSPS) is 15.3. The zero-order chi connectivity index (χ0) is 19.0. The van der Waals surface area contributed by atoms with Crippen molar-refractivity contribution in [1.82, 2.24) is 15.5 Å². The molecule has 1 saturated heterocycles. The van der Waals surface area contributed by atoms with Gasteiger partial charge in [0.2, 0.25) is 0 Å². The molecule has 1 aliphatic heterocycles. The molecule has 1 aromatic rings. The molecule has 7 nitrogen and oxygen atoms in total. The van der Waals surface area contributed by atoms with E-state index in [0.29, 0.717) is 39.1 Å². The number of piperidine rings is 1. The van der Waals surface area contributed by atoms with Crippen LogP contribution in [0.4, 0.5) is 9.59 Å². The largest absolute Gasteiger partial charge is 0.492 e. The van der Waals surface area contributed by atoms with Gasteiger partial charge in [0.15, 0.2) is 0 Å². The van der Waals surface area contributed by atoms with Crippen LogP contribution in [-0.4, -0.2) is 54.9 Å². The van der Waals surface area contributed by atoms with Gasteiger partial charge in [-0.3, -0.25) is 0 Å². The molecule has 7 heteroatoms. The van der Waals surface area contributed by atoms with Crippen LogP contribution in [0.2, 0.25) is 0 Å². The molecule has 0 spiro atoms. The third-order valence-electron chi connectivity index (χ3n) is 3.88. The minimum absolute atomic E-state index is 0.0590. The van der Waals surface area contributed by atoms with Gasteiger partial charge in [0, 0.05) is 19.1 Å². The number of likely N-dealkylation sites (tertiary alicyclic amines) is 1. The minimum Gasteiger partial charge on any atom is -0.492 e. The summed E-state index contributed by atoms with van der Waals surface area (Å²) in [6, 6.07) is 9.32. The average Bonchev–Trinajstić information content (AvgIpc) is 2.59. The molecule has 0 unspecified atom stereocenters. The highest BCUT2D eigenvalue weighted by atomic mass is 16.6. The number of ether oxygens (including phenoxy) is 2. The highest BCUT2D eigenvalue weighted by Gasteiger charge is 2.27. The summed E-state index contributed by atoms with van der Waals surface area (Å²) in [5.41, 5.74) is -0.492. The topological polar surface area (TPSA) is 79.9 Å². The van der Waals surface area contributed by atoms with Gasteiger partial charge >= 0.3 is 12.1 Å². The number of carbonyl (C=O) groups excluding carboxylic acids is 2. The molecule has 0 atom stereocenters. The molecular weight excluding hydrogens is 334 g/mol. The van der Waals surface area contributed by atoms with E-state index >= 15 is 0 Å². The number of nitrogens with zero attached hydrogens (tertiary/aromatic N) is 1. The Bertz CT molecular complexity index is 578. The summed E-state index contributed by atoms with van der Waals surface area (Å²) in [7, 11) is 0. The molecule has 0 radical (unpaired) electrons. The van der Waals surface area contributed by atoms with Crippen LogP contribution in [0.3, 0.4) is 0 Å². The third-order valence-corrected chi connectivity index (χ3v) is 3.88. The van der Waals surface area contributed by atoms with E-state index in [2.05, 4.69) is 10.6 Å². The maximum atomic E-state index is 12.0. The molecule has 1 aliphatic rings. The summed E-state index contributed by atoms with van der Waals surface area (Å²) in [6.07, 6.45) is 1.14. The number of nitrogens with one attached hydrogen (secondary N) is 2. The molecule has 0 aliphatic carbocycles. The first kappa shape index (κ1) is 19.9. The lowest BCUT2D eigenvalue weighted by atomic mass is 10.1. The number of benzene rings is 1. The summed E-state index contributed by atoms with van der Waals surface area (Å²) < 4.78 is 10.9. The zero-order valence-electron chi connectivity index (χ0n) is 15.8. The van der Waals surface area contributed by atoms with Crippen molar-refractivity contribution in [2.75, 3.05) is 26.2 Å². The van der Waals surface area contributed by atoms with E-state index < -0.39 is 5.60 Å². The van der Waals surface area contributed by atoms with Crippen LogP contribution in [0.25, 0.3) is 0 Å². The van der Waals surface area contributed by atoms with Crippen LogP contribution < -0.4 is 15.4 Å². The molecule has 2 rings (SSSR count). The van der Waals surface area contributed by atoms with Crippen molar-refractivity contribution < 1.29 is 19.1 Å². The highest BCUT2D eigenvalue weighted by molar-refractivity contribution is 5.74. The summed E-state index contributed by atoms with van der Waals surface area (Å²) in [5.74, 6) is 0.782. The quantitative estimate of drug-likeness (QED) is 0.789.